The quantitative estimate of drug-likeness (QED) is 0.719. The minimum absolute atomic E-state index is 0.316. The van der Waals surface area contributed by atoms with Crippen LogP contribution in [0.15, 0.2) is 34.5 Å². The zero-order valence-electron chi connectivity index (χ0n) is 13.5. The van der Waals surface area contributed by atoms with E-state index in [0.717, 1.165) is 12.1 Å². The normalized spacial score (nSPS) is 10.9. The Morgan fingerprint density at radius 1 is 1.39 bits per heavy atom. The number of rotatable bonds is 7. The Balaban J connectivity index is 2.16. The lowest BCUT2D eigenvalue weighted by Crippen LogP contribution is -2.26. The second-order valence-electron chi connectivity index (χ2n) is 5.51. The summed E-state index contributed by atoms with van der Waals surface area (Å²) in [6, 6.07) is 3.08. The minimum Gasteiger partial charge on any atom is -0.355 e. The Hall–Kier alpha value is -2.31. The summed E-state index contributed by atoms with van der Waals surface area (Å²) >= 11 is 0. The third kappa shape index (κ3) is 5.12. The Bertz CT molecular complexity index is 666. The van der Waals surface area contributed by atoms with Crippen LogP contribution in [-0.2, 0) is 6.54 Å². The average Bonchev–Trinajstić information content (AvgIpc) is 2.95. The van der Waals surface area contributed by atoms with Crippen LogP contribution in [0.3, 0.4) is 0 Å². The van der Waals surface area contributed by atoms with Gasteiger partial charge in [-0.25, -0.2) is 18.7 Å². The summed E-state index contributed by atoms with van der Waals surface area (Å²) in [6.45, 7) is 6.91. The third-order valence-corrected chi connectivity index (χ3v) is 3.16. The molecule has 0 bridgehead atoms. The van der Waals surface area contributed by atoms with E-state index in [2.05, 4.69) is 25.7 Å². The van der Waals surface area contributed by atoms with Gasteiger partial charge in [-0.05, 0) is 33.3 Å². The fourth-order valence-electron chi connectivity index (χ4n) is 2.05. The standard InChI is InChI=1S/C16H20F2N4O/c1-11(2)5-4-8-22(16-19-7-6-12(3)20-16)10-13-9-14(15(17)18)23-21-13/h5-7,9,15H,4,8,10H2,1-3H3. The molecule has 0 fully saturated rings. The van der Waals surface area contributed by atoms with Crippen molar-refractivity contribution in [1.29, 1.82) is 0 Å². The van der Waals surface area contributed by atoms with Gasteiger partial charge in [-0.15, -0.1) is 0 Å². The molecular weight excluding hydrogens is 302 g/mol. The van der Waals surface area contributed by atoms with Gasteiger partial charge < -0.3 is 9.42 Å². The van der Waals surface area contributed by atoms with E-state index in [9.17, 15) is 8.78 Å². The Kier molecular flexibility index (Phi) is 5.78. The highest BCUT2D eigenvalue weighted by Crippen LogP contribution is 2.21. The molecule has 2 rings (SSSR count). The highest BCUT2D eigenvalue weighted by atomic mass is 19.3. The van der Waals surface area contributed by atoms with Crippen molar-refractivity contribution in [3.8, 4) is 0 Å². The molecule has 0 radical (unpaired) electrons. The number of hydrogen-bond donors (Lipinski definition) is 0. The van der Waals surface area contributed by atoms with Crippen LogP contribution in [-0.4, -0.2) is 21.7 Å². The van der Waals surface area contributed by atoms with Gasteiger partial charge in [0.25, 0.3) is 6.43 Å². The highest BCUT2D eigenvalue weighted by Gasteiger charge is 2.17. The molecule has 0 atom stereocenters. The smallest absolute Gasteiger partial charge is 0.298 e. The van der Waals surface area contributed by atoms with Crippen molar-refractivity contribution in [2.75, 3.05) is 11.4 Å². The van der Waals surface area contributed by atoms with Gasteiger partial charge in [-0.1, -0.05) is 16.8 Å². The van der Waals surface area contributed by atoms with E-state index in [0.29, 0.717) is 24.7 Å². The van der Waals surface area contributed by atoms with E-state index in [1.807, 2.05) is 31.7 Å². The predicted octanol–water partition coefficient (Wildman–Crippen LogP) is 4.07. The van der Waals surface area contributed by atoms with Gasteiger partial charge in [0.1, 0.15) is 5.69 Å². The topological polar surface area (TPSA) is 55.1 Å². The zero-order valence-corrected chi connectivity index (χ0v) is 13.5. The molecule has 124 valence electrons. The number of anilines is 1. The number of aryl methyl sites for hydroxylation is 1. The van der Waals surface area contributed by atoms with Gasteiger partial charge >= 0.3 is 0 Å². The van der Waals surface area contributed by atoms with Gasteiger partial charge in [-0.3, -0.25) is 0 Å². The molecule has 0 N–H and O–H groups in total. The molecule has 0 aromatic carbocycles. The first-order chi connectivity index (χ1) is 11.0. The van der Waals surface area contributed by atoms with Crippen LogP contribution in [0.5, 0.6) is 0 Å². The highest BCUT2D eigenvalue weighted by molar-refractivity contribution is 5.31. The predicted molar refractivity (Wildman–Crippen MR) is 83.3 cm³/mol. The molecule has 23 heavy (non-hydrogen) atoms. The third-order valence-electron chi connectivity index (χ3n) is 3.16. The minimum atomic E-state index is -2.66. The molecule has 2 aromatic rings. The number of nitrogens with zero attached hydrogens (tertiary/aromatic N) is 4. The lowest BCUT2D eigenvalue weighted by molar-refractivity contribution is 0.112. The largest absolute Gasteiger partial charge is 0.355 e. The molecule has 0 aliphatic carbocycles. The maximum absolute atomic E-state index is 12.6. The van der Waals surface area contributed by atoms with E-state index in [1.165, 1.54) is 11.6 Å². The van der Waals surface area contributed by atoms with E-state index >= 15 is 0 Å². The van der Waals surface area contributed by atoms with Crippen molar-refractivity contribution in [2.45, 2.75) is 40.2 Å². The summed E-state index contributed by atoms with van der Waals surface area (Å²) in [5, 5.41) is 3.70. The molecule has 0 saturated carbocycles. The maximum atomic E-state index is 12.6. The fraction of sp³-hybridized carbons (Fsp3) is 0.438. The Morgan fingerprint density at radius 2 is 2.17 bits per heavy atom. The second-order valence-corrected chi connectivity index (χ2v) is 5.51. The molecule has 2 heterocycles. The van der Waals surface area contributed by atoms with E-state index in [1.54, 1.807) is 6.20 Å². The summed E-state index contributed by atoms with van der Waals surface area (Å²) in [6.07, 6.45) is 1.93. The number of aromatic nitrogens is 3. The lowest BCUT2D eigenvalue weighted by Gasteiger charge is -2.21. The SMILES string of the molecule is CC(C)=CCCN(Cc1cc(C(F)F)on1)c1nccc(C)n1. The second kappa shape index (κ2) is 7.80. The molecule has 0 amide bonds. The molecule has 5 nitrogen and oxygen atoms in total. The van der Waals surface area contributed by atoms with Gasteiger partial charge in [0.05, 0.1) is 6.54 Å². The summed E-state index contributed by atoms with van der Waals surface area (Å²) in [7, 11) is 0. The van der Waals surface area contributed by atoms with Crippen LogP contribution in [0.2, 0.25) is 0 Å². The monoisotopic (exact) mass is 322 g/mol. The van der Waals surface area contributed by atoms with Gasteiger partial charge in [0.2, 0.25) is 11.7 Å². The maximum Gasteiger partial charge on any atom is 0.298 e. The van der Waals surface area contributed by atoms with Crippen LogP contribution in [0, 0.1) is 6.92 Å². The molecule has 0 saturated heterocycles. The van der Waals surface area contributed by atoms with Crippen LogP contribution in [0.4, 0.5) is 14.7 Å². The van der Waals surface area contributed by atoms with E-state index in [4.69, 9.17) is 0 Å². The van der Waals surface area contributed by atoms with Gasteiger partial charge in [0, 0.05) is 24.5 Å². The molecule has 0 unspecified atom stereocenters. The first-order valence-corrected chi connectivity index (χ1v) is 7.37. The molecule has 0 aliphatic rings. The van der Waals surface area contributed by atoms with Crippen molar-refractivity contribution >= 4 is 5.95 Å². The summed E-state index contributed by atoms with van der Waals surface area (Å²) < 4.78 is 29.9. The van der Waals surface area contributed by atoms with Crippen molar-refractivity contribution < 1.29 is 13.3 Å². The Labute approximate surface area is 134 Å². The van der Waals surface area contributed by atoms with Crippen molar-refractivity contribution in [2.24, 2.45) is 0 Å². The van der Waals surface area contributed by atoms with Crippen molar-refractivity contribution in [3.05, 3.63) is 47.1 Å². The molecule has 7 heteroatoms. The molecular formula is C16H20F2N4O. The van der Waals surface area contributed by atoms with Crippen LogP contribution in [0.25, 0.3) is 0 Å². The molecule has 0 spiro atoms. The van der Waals surface area contributed by atoms with Gasteiger partial charge in [-0.2, -0.15) is 0 Å². The van der Waals surface area contributed by atoms with Crippen molar-refractivity contribution in [1.82, 2.24) is 15.1 Å². The van der Waals surface area contributed by atoms with E-state index in [-0.39, 0.29) is 0 Å². The molecule has 2 aromatic heterocycles. The first-order valence-electron chi connectivity index (χ1n) is 7.37. The first kappa shape index (κ1) is 17.1. The number of halogens is 2. The number of alkyl halides is 2. The van der Waals surface area contributed by atoms with Crippen LogP contribution >= 0.6 is 0 Å². The van der Waals surface area contributed by atoms with Gasteiger partial charge in [0.15, 0.2) is 0 Å². The summed E-state index contributed by atoms with van der Waals surface area (Å²) in [5.41, 5.74) is 2.50. The molecule has 0 aliphatic heterocycles. The van der Waals surface area contributed by atoms with Crippen LogP contribution < -0.4 is 4.90 Å². The van der Waals surface area contributed by atoms with Crippen LogP contribution in [0.1, 0.15) is 43.8 Å². The number of allylic oxidation sites excluding steroid dienone is 1. The van der Waals surface area contributed by atoms with E-state index < -0.39 is 12.2 Å². The Morgan fingerprint density at radius 3 is 2.78 bits per heavy atom. The summed E-state index contributed by atoms with van der Waals surface area (Å²) in [4.78, 5) is 10.6. The summed E-state index contributed by atoms with van der Waals surface area (Å²) in [5.74, 6) is 0.128. The number of hydrogen-bond acceptors (Lipinski definition) is 5. The fourth-order valence-corrected chi connectivity index (χ4v) is 2.05. The zero-order chi connectivity index (χ0) is 16.8. The van der Waals surface area contributed by atoms with Crippen molar-refractivity contribution in [3.63, 3.8) is 0 Å². The lowest BCUT2D eigenvalue weighted by atomic mass is 10.2. The average molecular weight is 322 g/mol.